The average molecular weight is 314 g/mol. The molecule has 2 heterocycles. The summed E-state index contributed by atoms with van der Waals surface area (Å²) in [7, 11) is 1.76. The maximum absolute atomic E-state index is 12.1. The first-order valence-electron chi connectivity index (χ1n) is 7.86. The maximum Gasteiger partial charge on any atom is 0.269 e. The quantitative estimate of drug-likeness (QED) is 0.927. The average Bonchev–Trinajstić information content (AvgIpc) is 2.87. The van der Waals surface area contributed by atoms with E-state index in [0.29, 0.717) is 12.2 Å². The van der Waals surface area contributed by atoms with Crippen LogP contribution < -0.4 is 10.1 Å². The molecule has 1 aliphatic rings. The van der Waals surface area contributed by atoms with Crippen molar-refractivity contribution in [2.45, 2.75) is 19.6 Å². The number of aromatic nitrogens is 2. The molecule has 1 aromatic heterocycles. The van der Waals surface area contributed by atoms with Gasteiger partial charge in [0.15, 0.2) is 0 Å². The molecule has 23 heavy (non-hydrogen) atoms. The topological polar surface area (TPSA) is 59.4 Å². The Labute approximate surface area is 136 Å². The van der Waals surface area contributed by atoms with Gasteiger partial charge in [-0.05, 0) is 19.1 Å². The number of ether oxygens (including phenoxy) is 1. The first-order chi connectivity index (χ1) is 11.1. The predicted molar refractivity (Wildman–Crippen MR) is 87.4 cm³/mol. The van der Waals surface area contributed by atoms with Crippen LogP contribution in [0.1, 0.15) is 23.0 Å². The van der Waals surface area contributed by atoms with E-state index in [0.717, 1.165) is 25.4 Å². The summed E-state index contributed by atoms with van der Waals surface area (Å²) in [5, 5.41) is 6.96. The number of para-hydroxylation sites is 1. The number of rotatable bonds is 4. The Morgan fingerprint density at radius 3 is 3.00 bits per heavy atom. The van der Waals surface area contributed by atoms with E-state index in [4.69, 9.17) is 4.74 Å². The molecule has 1 aliphatic heterocycles. The molecular weight excluding hydrogens is 292 g/mol. The van der Waals surface area contributed by atoms with Crippen LogP contribution in [0.3, 0.4) is 0 Å². The van der Waals surface area contributed by atoms with Crippen molar-refractivity contribution in [1.82, 2.24) is 20.0 Å². The van der Waals surface area contributed by atoms with Crippen molar-refractivity contribution in [3.8, 4) is 5.75 Å². The summed E-state index contributed by atoms with van der Waals surface area (Å²) < 4.78 is 7.53. The number of nitrogens with one attached hydrogen (secondary N) is 1. The zero-order valence-corrected chi connectivity index (χ0v) is 13.5. The van der Waals surface area contributed by atoms with Crippen LogP contribution in [0.25, 0.3) is 0 Å². The zero-order valence-electron chi connectivity index (χ0n) is 13.5. The van der Waals surface area contributed by atoms with E-state index in [-0.39, 0.29) is 12.0 Å². The molecule has 6 nitrogen and oxygen atoms in total. The lowest BCUT2D eigenvalue weighted by Gasteiger charge is -2.21. The van der Waals surface area contributed by atoms with E-state index < -0.39 is 0 Å². The van der Waals surface area contributed by atoms with E-state index >= 15 is 0 Å². The second-order valence-electron chi connectivity index (χ2n) is 5.87. The van der Waals surface area contributed by atoms with E-state index in [2.05, 4.69) is 28.3 Å². The highest BCUT2D eigenvalue weighted by Gasteiger charge is 2.19. The number of carbonyl (C=O) groups is 1. The molecule has 0 bridgehead atoms. The summed E-state index contributed by atoms with van der Waals surface area (Å²) in [6.45, 7) is 5.13. The number of carbonyl (C=O) groups excluding carboxylic acids is 1. The third-order valence-electron chi connectivity index (χ3n) is 3.98. The van der Waals surface area contributed by atoms with Gasteiger partial charge in [-0.15, -0.1) is 0 Å². The summed E-state index contributed by atoms with van der Waals surface area (Å²) >= 11 is 0. The summed E-state index contributed by atoms with van der Waals surface area (Å²) in [5.41, 5.74) is 1.76. The first-order valence-corrected chi connectivity index (χ1v) is 7.86. The van der Waals surface area contributed by atoms with Gasteiger partial charge in [0.05, 0.1) is 0 Å². The Hall–Kier alpha value is -2.34. The van der Waals surface area contributed by atoms with E-state index in [1.54, 1.807) is 24.0 Å². The molecule has 0 saturated carbocycles. The van der Waals surface area contributed by atoms with Crippen molar-refractivity contribution < 1.29 is 9.53 Å². The van der Waals surface area contributed by atoms with Gasteiger partial charge in [0.25, 0.3) is 5.91 Å². The highest BCUT2D eigenvalue weighted by atomic mass is 16.5. The van der Waals surface area contributed by atoms with Crippen LogP contribution in [0.2, 0.25) is 0 Å². The summed E-state index contributed by atoms with van der Waals surface area (Å²) in [5.74, 6) is 0.867. The van der Waals surface area contributed by atoms with Crippen LogP contribution in [0.4, 0.5) is 0 Å². The van der Waals surface area contributed by atoms with Crippen LogP contribution in [0.5, 0.6) is 5.75 Å². The Bertz CT molecular complexity index is 683. The molecule has 3 rings (SSSR count). The van der Waals surface area contributed by atoms with Crippen molar-refractivity contribution in [2.75, 3.05) is 19.6 Å². The van der Waals surface area contributed by atoms with Crippen LogP contribution in [0, 0.1) is 0 Å². The Balaban J connectivity index is 1.56. The standard InChI is InChI=1S/C17H22N4O2/c1-13-11-21(12-14-5-3-4-6-16(14)23-13)10-9-18-17(22)15-7-8-19-20(15)2/h3-8,13H,9-12H2,1-2H3,(H,18,22)/t13-/m0/s1. The lowest BCUT2D eigenvalue weighted by Crippen LogP contribution is -2.38. The van der Waals surface area contributed by atoms with Crippen molar-refractivity contribution in [2.24, 2.45) is 7.05 Å². The highest BCUT2D eigenvalue weighted by Crippen LogP contribution is 2.24. The third-order valence-corrected chi connectivity index (χ3v) is 3.98. The Morgan fingerprint density at radius 1 is 1.39 bits per heavy atom. The Morgan fingerprint density at radius 2 is 2.22 bits per heavy atom. The highest BCUT2D eigenvalue weighted by molar-refractivity contribution is 5.92. The second-order valence-corrected chi connectivity index (χ2v) is 5.87. The van der Waals surface area contributed by atoms with Gasteiger partial charge in [0.1, 0.15) is 17.5 Å². The molecule has 122 valence electrons. The van der Waals surface area contributed by atoms with Gasteiger partial charge < -0.3 is 10.1 Å². The molecule has 1 atom stereocenters. The SMILES string of the molecule is C[C@H]1CN(CCNC(=O)c2ccnn2C)Cc2ccccc2O1. The van der Waals surface area contributed by atoms with Gasteiger partial charge in [0, 0.05) is 45.0 Å². The molecule has 1 amide bonds. The van der Waals surface area contributed by atoms with Gasteiger partial charge in [-0.3, -0.25) is 14.4 Å². The fraction of sp³-hybridized carbons (Fsp3) is 0.412. The normalized spacial score (nSPS) is 17.9. The summed E-state index contributed by atoms with van der Waals surface area (Å²) in [4.78, 5) is 14.4. The smallest absolute Gasteiger partial charge is 0.269 e. The van der Waals surface area contributed by atoms with Crippen molar-refractivity contribution in [3.63, 3.8) is 0 Å². The first kappa shape index (κ1) is 15.6. The molecule has 0 radical (unpaired) electrons. The minimum atomic E-state index is -0.0930. The monoisotopic (exact) mass is 314 g/mol. The number of nitrogens with zero attached hydrogens (tertiary/aromatic N) is 3. The lowest BCUT2D eigenvalue weighted by atomic mass is 10.2. The second kappa shape index (κ2) is 6.83. The molecule has 1 aromatic carbocycles. The lowest BCUT2D eigenvalue weighted by molar-refractivity contribution is 0.0935. The number of fused-ring (bicyclic) bond motifs is 1. The molecule has 0 unspecified atom stereocenters. The van der Waals surface area contributed by atoms with Crippen molar-refractivity contribution in [3.05, 3.63) is 47.8 Å². The van der Waals surface area contributed by atoms with E-state index in [9.17, 15) is 4.79 Å². The van der Waals surface area contributed by atoms with Crippen LogP contribution >= 0.6 is 0 Å². The van der Waals surface area contributed by atoms with Gasteiger partial charge in [-0.25, -0.2) is 0 Å². The van der Waals surface area contributed by atoms with Gasteiger partial charge in [-0.2, -0.15) is 5.10 Å². The molecular formula is C17H22N4O2. The number of hydrogen-bond acceptors (Lipinski definition) is 4. The van der Waals surface area contributed by atoms with E-state index in [1.807, 2.05) is 18.2 Å². The van der Waals surface area contributed by atoms with Crippen LogP contribution in [-0.4, -0.2) is 46.3 Å². The van der Waals surface area contributed by atoms with Crippen molar-refractivity contribution >= 4 is 5.91 Å². The predicted octanol–water partition coefficient (Wildman–Crippen LogP) is 1.43. The minimum absolute atomic E-state index is 0.0930. The molecule has 0 spiro atoms. The largest absolute Gasteiger partial charge is 0.489 e. The zero-order chi connectivity index (χ0) is 16.2. The fourth-order valence-corrected chi connectivity index (χ4v) is 2.86. The molecule has 0 saturated heterocycles. The number of hydrogen-bond donors (Lipinski definition) is 1. The van der Waals surface area contributed by atoms with Gasteiger partial charge in [-0.1, -0.05) is 18.2 Å². The Kier molecular flexibility index (Phi) is 4.62. The van der Waals surface area contributed by atoms with Crippen LogP contribution in [-0.2, 0) is 13.6 Å². The minimum Gasteiger partial charge on any atom is -0.489 e. The summed E-state index contributed by atoms with van der Waals surface area (Å²) in [6, 6.07) is 9.84. The summed E-state index contributed by atoms with van der Waals surface area (Å²) in [6.07, 6.45) is 1.76. The molecule has 2 aromatic rings. The molecule has 0 aliphatic carbocycles. The molecule has 1 N–H and O–H groups in total. The van der Waals surface area contributed by atoms with Gasteiger partial charge in [0.2, 0.25) is 0 Å². The maximum atomic E-state index is 12.1. The fourth-order valence-electron chi connectivity index (χ4n) is 2.86. The number of amides is 1. The van der Waals surface area contributed by atoms with E-state index in [1.165, 1.54) is 5.56 Å². The third kappa shape index (κ3) is 3.71. The number of benzene rings is 1. The molecule has 6 heteroatoms. The number of aryl methyl sites for hydroxylation is 1. The van der Waals surface area contributed by atoms with Crippen LogP contribution in [0.15, 0.2) is 36.5 Å². The molecule has 0 fully saturated rings. The van der Waals surface area contributed by atoms with Gasteiger partial charge >= 0.3 is 0 Å². The van der Waals surface area contributed by atoms with Crippen molar-refractivity contribution in [1.29, 1.82) is 0 Å².